The molecule has 2 aromatic heterocycles. The first kappa shape index (κ1) is 25.6. The van der Waals surface area contributed by atoms with Crippen molar-refractivity contribution in [3.63, 3.8) is 0 Å². The lowest BCUT2D eigenvalue weighted by Gasteiger charge is -2.39. The Kier molecular flexibility index (Phi) is 6.90. The van der Waals surface area contributed by atoms with Crippen LogP contribution in [0.25, 0.3) is 0 Å². The number of carbonyl (C=O) groups excluding carboxylic acids is 1. The van der Waals surface area contributed by atoms with Gasteiger partial charge in [-0.2, -0.15) is 18.3 Å². The number of hydrogen-bond acceptors (Lipinski definition) is 5. The molecule has 0 radical (unpaired) electrons. The van der Waals surface area contributed by atoms with Gasteiger partial charge in [-0.15, -0.1) is 11.3 Å². The molecule has 4 heterocycles. The first-order chi connectivity index (χ1) is 18.9. The Morgan fingerprint density at radius 2 is 1.56 bits per heavy atom. The van der Waals surface area contributed by atoms with Gasteiger partial charge in [0.25, 0.3) is 5.91 Å². The van der Waals surface area contributed by atoms with E-state index in [2.05, 4.69) is 39.6 Å². The number of nitrogens with one attached hydrogen (secondary N) is 1. The van der Waals surface area contributed by atoms with Crippen molar-refractivity contribution >= 4 is 23.1 Å². The van der Waals surface area contributed by atoms with Crippen LogP contribution < -0.4 is 5.32 Å². The van der Waals surface area contributed by atoms with Crippen molar-refractivity contribution in [2.75, 3.05) is 31.5 Å². The average molecular weight is 552 g/mol. The summed E-state index contributed by atoms with van der Waals surface area (Å²) in [6, 6.07) is 23.4. The van der Waals surface area contributed by atoms with Crippen molar-refractivity contribution in [3.05, 3.63) is 106 Å². The third-order valence-electron chi connectivity index (χ3n) is 7.49. The standard InChI is InChI=1S/C29H28F3N5OS/c30-29(31,32)25-18-22(24-12-7-17-39-24)33-26-19-23(34-37(25)26)28(38)36-15-13-35(14-16-36)27(20-8-3-1-4-9-20)21-10-5-2-6-11-21/h1-12,17,19,22,25,27,33H,13-16,18H2. The molecule has 39 heavy (non-hydrogen) atoms. The van der Waals surface area contributed by atoms with E-state index < -0.39 is 18.3 Å². The van der Waals surface area contributed by atoms with Gasteiger partial charge < -0.3 is 10.2 Å². The molecule has 1 fully saturated rings. The van der Waals surface area contributed by atoms with Crippen molar-refractivity contribution in [3.8, 4) is 0 Å². The number of thiophene rings is 1. The SMILES string of the molecule is O=C(c1cc2n(n1)C(C(F)(F)F)CC(c1cccs1)N2)N1CCN(C(c2ccccc2)c2ccccc2)CC1. The van der Waals surface area contributed by atoms with Gasteiger partial charge in [0.1, 0.15) is 5.82 Å². The van der Waals surface area contributed by atoms with Crippen LogP contribution in [-0.4, -0.2) is 57.8 Å². The summed E-state index contributed by atoms with van der Waals surface area (Å²) in [6.45, 7) is 2.20. The molecule has 202 valence electrons. The molecule has 0 bridgehead atoms. The maximum absolute atomic E-state index is 14.0. The highest BCUT2D eigenvalue weighted by molar-refractivity contribution is 7.10. The number of anilines is 1. The summed E-state index contributed by atoms with van der Waals surface area (Å²) < 4.78 is 43.0. The van der Waals surface area contributed by atoms with Crippen molar-refractivity contribution < 1.29 is 18.0 Å². The largest absolute Gasteiger partial charge is 0.410 e. The lowest BCUT2D eigenvalue weighted by Crippen LogP contribution is -2.50. The topological polar surface area (TPSA) is 53.4 Å². The number of carbonyl (C=O) groups is 1. The first-order valence-corrected chi connectivity index (χ1v) is 13.9. The maximum atomic E-state index is 14.0. The van der Waals surface area contributed by atoms with Crippen LogP contribution in [0.15, 0.2) is 84.2 Å². The molecule has 4 aromatic rings. The van der Waals surface area contributed by atoms with Crippen LogP contribution in [-0.2, 0) is 0 Å². The Hall–Kier alpha value is -3.63. The summed E-state index contributed by atoms with van der Waals surface area (Å²) in [5, 5.41) is 9.19. The minimum Gasteiger partial charge on any atom is -0.363 e. The van der Waals surface area contributed by atoms with E-state index in [9.17, 15) is 18.0 Å². The second-order valence-electron chi connectivity index (χ2n) is 9.92. The molecule has 1 amide bonds. The molecule has 0 saturated carbocycles. The highest BCUT2D eigenvalue weighted by Crippen LogP contribution is 2.44. The zero-order chi connectivity index (χ0) is 27.0. The zero-order valence-corrected chi connectivity index (χ0v) is 21.9. The van der Waals surface area contributed by atoms with Crippen LogP contribution in [0, 0.1) is 0 Å². The van der Waals surface area contributed by atoms with Crippen molar-refractivity contribution in [2.24, 2.45) is 0 Å². The smallest absolute Gasteiger partial charge is 0.363 e. The summed E-state index contributed by atoms with van der Waals surface area (Å²) in [5.41, 5.74) is 2.39. The van der Waals surface area contributed by atoms with Crippen LogP contribution in [0.1, 0.15) is 51.0 Å². The summed E-state index contributed by atoms with van der Waals surface area (Å²) in [4.78, 5) is 18.3. The summed E-state index contributed by atoms with van der Waals surface area (Å²) in [6.07, 6.45) is -4.65. The van der Waals surface area contributed by atoms with Crippen LogP contribution in [0.5, 0.6) is 0 Å². The van der Waals surface area contributed by atoms with Gasteiger partial charge in [0.15, 0.2) is 11.7 Å². The second kappa shape index (κ2) is 10.5. The normalized spacial score (nSPS) is 20.1. The zero-order valence-electron chi connectivity index (χ0n) is 21.1. The number of nitrogens with zero attached hydrogens (tertiary/aromatic N) is 4. The molecule has 2 atom stereocenters. The lowest BCUT2D eigenvalue weighted by atomic mass is 9.96. The van der Waals surface area contributed by atoms with Crippen LogP contribution in [0.4, 0.5) is 19.0 Å². The van der Waals surface area contributed by atoms with E-state index in [1.54, 1.807) is 4.90 Å². The number of piperazine rings is 1. The molecule has 6 rings (SSSR count). The molecule has 2 aliphatic rings. The van der Waals surface area contributed by atoms with Gasteiger partial charge >= 0.3 is 6.18 Å². The third-order valence-corrected chi connectivity index (χ3v) is 8.48. The van der Waals surface area contributed by atoms with Gasteiger partial charge in [-0.1, -0.05) is 66.7 Å². The first-order valence-electron chi connectivity index (χ1n) is 13.0. The number of aromatic nitrogens is 2. The molecule has 2 aromatic carbocycles. The Bertz CT molecular complexity index is 1360. The number of fused-ring (bicyclic) bond motifs is 1. The number of amides is 1. The van der Waals surface area contributed by atoms with Crippen molar-refractivity contribution in [1.82, 2.24) is 19.6 Å². The van der Waals surface area contributed by atoms with Gasteiger partial charge in [-0.3, -0.25) is 9.69 Å². The van der Waals surface area contributed by atoms with Gasteiger partial charge in [0.2, 0.25) is 0 Å². The highest BCUT2D eigenvalue weighted by atomic mass is 32.1. The average Bonchev–Trinajstić information content (AvgIpc) is 3.64. The number of alkyl halides is 3. The maximum Gasteiger partial charge on any atom is 0.410 e. The highest BCUT2D eigenvalue weighted by Gasteiger charge is 2.47. The van der Waals surface area contributed by atoms with E-state index in [1.165, 1.54) is 28.5 Å². The number of hydrogen-bond donors (Lipinski definition) is 1. The van der Waals surface area contributed by atoms with E-state index in [0.29, 0.717) is 26.2 Å². The van der Waals surface area contributed by atoms with Gasteiger partial charge in [0, 0.05) is 43.5 Å². The fraction of sp³-hybridized carbons (Fsp3) is 0.310. The number of rotatable bonds is 5. The third kappa shape index (κ3) is 5.18. The van der Waals surface area contributed by atoms with Crippen LogP contribution in [0.2, 0.25) is 0 Å². The second-order valence-corrected chi connectivity index (χ2v) is 10.9. The molecule has 1 N–H and O–H groups in total. The molecule has 1 saturated heterocycles. The molecular formula is C29H28F3N5OS. The Morgan fingerprint density at radius 1 is 0.923 bits per heavy atom. The van der Waals surface area contributed by atoms with E-state index in [0.717, 1.165) is 9.56 Å². The molecule has 10 heteroatoms. The lowest BCUT2D eigenvalue weighted by molar-refractivity contribution is -0.173. The molecule has 2 unspecified atom stereocenters. The monoisotopic (exact) mass is 551 g/mol. The van der Waals surface area contributed by atoms with Gasteiger partial charge in [-0.05, 0) is 22.6 Å². The summed E-state index contributed by atoms with van der Waals surface area (Å²) in [7, 11) is 0. The molecule has 6 nitrogen and oxygen atoms in total. The minimum absolute atomic E-state index is 0.0368. The van der Waals surface area contributed by atoms with E-state index >= 15 is 0 Å². The Morgan fingerprint density at radius 3 is 2.13 bits per heavy atom. The van der Waals surface area contributed by atoms with E-state index in [4.69, 9.17) is 0 Å². The van der Waals surface area contributed by atoms with Crippen molar-refractivity contribution in [2.45, 2.75) is 30.7 Å². The predicted molar refractivity (Wildman–Crippen MR) is 145 cm³/mol. The summed E-state index contributed by atoms with van der Waals surface area (Å²) in [5.74, 6) is -0.125. The van der Waals surface area contributed by atoms with Gasteiger partial charge in [0.05, 0.1) is 12.1 Å². The Balaban J connectivity index is 1.20. The fourth-order valence-electron chi connectivity index (χ4n) is 5.58. The fourth-order valence-corrected chi connectivity index (χ4v) is 6.37. The number of benzene rings is 2. The van der Waals surface area contributed by atoms with E-state index in [-0.39, 0.29) is 29.9 Å². The minimum atomic E-state index is -4.48. The van der Waals surface area contributed by atoms with Crippen molar-refractivity contribution in [1.29, 1.82) is 0 Å². The number of halogens is 3. The predicted octanol–water partition coefficient (Wildman–Crippen LogP) is 6.15. The van der Waals surface area contributed by atoms with E-state index in [1.807, 2.05) is 53.9 Å². The van der Waals surface area contributed by atoms with Crippen LogP contribution >= 0.6 is 11.3 Å². The van der Waals surface area contributed by atoms with Crippen LogP contribution in [0.3, 0.4) is 0 Å². The molecular weight excluding hydrogens is 523 g/mol. The molecule has 0 aliphatic carbocycles. The Labute approximate surface area is 228 Å². The quantitative estimate of drug-likeness (QED) is 0.323. The molecule has 0 spiro atoms. The summed E-state index contributed by atoms with van der Waals surface area (Å²) >= 11 is 1.41. The van der Waals surface area contributed by atoms with Gasteiger partial charge in [-0.25, -0.2) is 4.68 Å². The molecule has 2 aliphatic heterocycles.